The molecule has 6 heteroatoms. The Morgan fingerprint density at radius 2 is 2.10 bits per heavy atom. The van der Waals surface area contributed by atoms with Gasteiger partial charge in [-0.2, -0.15) is 0 Å². The Hall–Kier alpha value is -1.95. The molecule has 1 heterocycles. The fourth-order valence-corrected chi connectivity index (χ4v) is 2.33. The normalized spacial score (nSPS) is 11.9. The highest BCUT2D eigenvalue weighted by Crippen LogP contribution is 2.26. The molecular formula is C15H16BrN3O2. The maximum Gasteiger partial charge on any atom is 0.312 e. The quantitative estimate of drug-likeness (QED) is 0.627. The number of aromatic nitrogens is 1. The number of nitrogens with one attached hydrogen (secondary N) is 1. The summed E-state index contributed by atoms with van der Waals surface area (Å²) in [4.78, 5) is 14.7. The Bertz CT molecular complexity index is 620. The molecule has 1 aromatic heterocycles. The number of nitro groups is 1. The molecule has 110 valence electrons. The summed E-state index contributed by atoms with van der Waals surface area (Å²) in [5.74, 6) is 0.309. The summed E-state index contributed by atoms with van der Waals surface area (Å²) in [7, 11) is 0. The molecule has 2 rings (SSSR count). The summed E-state index contributed by atoms with van der Waals surface area (Å²) < 4.78 is 0.594. The highest BCUT2D eigenvalue weighted by molar-refractivity contribution is 9.10. The van der Waals surface area contributed by atoms with E-state index in [0.29, 0.717) is 10.3 Å². The van der Waals surface area contributed by atoms with Gasteiger partial charge in [-0.3, -0.25) is 10.1 Å². The third-order valence-electron chi connectivity index (χ3n) is 3.12. The summed E-state index contributed by atoms with van der Waals surface area (Å²) >= 11 is 3.20. The second-order valence-corrected chi connectivity index (χ2v) is 5.76. The fourth-order valence-electron chi connectivity index (χ4n) is 2.01. The standard InChI is InChI=1S/C15H16BrN3O2/c1-11(7-8-12-5-3-2-4-6-12)18-15-14(19(20)21)9-13(16)10-17-15/h2-6,9-11H,7-8H2,1H3,(H,17,18). The maximum atomic E-state index is 11.0. The molecule has 0 aliphatic rings. The van der Waals surface area contributed by atoms with Crippen LogP contribution in [-0.4, -0.2) is 15.9 Å². The molecule has 1 N–H and O–H groups in total. The van der Waals surface area contributed by atoms with Crippen LogP contribution in [0.1, 0.15) is 18.9 Å². The number of hydrogen-bond donors (Lipinski definition) is 1. The number of hydrogen-bond acceptors (Lipinski definition) is 4. The average molecular weight is 350 g/mol. The van der Waals surface area contributed by atoms with E-state index < -0.39 is 4.92 Å². The summed E-state index contributed by atoms with van der Waals surface area (Å²) in [6, 6.07) is 11.7. The Morgan fingerprint density at radius 3 is 2.76 bits per heavy atom. The molecule has 0 aliphatic heterocycles. The average Bonchev–Trinajstić information content (AvgIpc) is 2.48. The third-order valence-corrected chi connectivity index (χ3v) is 3.56. The van der Waals surface area contributed by atoms with Crippen molar-refractivity contribution in [1.82, 2.24) is 4.98 Å². The van der Waals surface area contributed by atoms with Crippen LogP contribution in [0.15, 0.2) is 47.1 Å². The highest BCUT2D eigenvalue weighted by Gasteiger charge is 2.17. The van der Waals surface area contributed by atoms with Crippen molar-refractivity contribution in [3.05, 3.63) is 62.7 Å². The molecule has 0 aliphatic carbocycles. The first kappa shape index (κ1) is 15.4. The Labute approximate surface area is 131 Å². The van der Waals surface area contributed by atoms with E-state index in [0.717, 1.165) is 12.8 Å². The number of nitrogens with zero attached hydrogens (tertiary/aromatic N) is 2. The van der Waals surface area contributed by atoms with Gasteiger partial charge in [0.05, 0.1) is 4.92 Å². The first-order valence-electron chi connectivity index (χ1n) is 6.66. The molecule has 0 radical (unpaired) electrons. The van der Waals surface area contributed by atoms with E-state index in [1.54, 1.807) is 6.20 Å². The van der Waals surface area contributed by atoms with Crippen LogP contribution in [0, 0.1) is 10.1 Å². The zero-order chi connectivity index (χ0) is 15.2. The highest BCUT2D eigenvalue weighted by atomic mass is 79.9. The van der Waals surface area contributed by atoms with Gasteiger partial charge in [-0.15, -0.1) is 0 Å². The lowest BCUT2D eigenvalue weighted by Gasteiger charge is -2.14. The molecule has 0 spiro atoms. The molecule has 21 heavy (non-hydrogen) atoms. The topological polar surface area (TPSA) is 68.1 Å². The Morgan fingerprint density at radius 1 is 1.38 bits per heavy atom. The second kappa shape index (κ2) is 7.17. The number of rotatable bonds is 6. The van der Waals surface area contributed by atoms with Crippen LogP contribution in [-0.2, 0) is 6.42 Å². The van der Waals surface area contributed by atoms with Crippen molar-refractivity contribution in [3.63, 3.8) is 0 Å². The monoisotopic (exact) mass is 349 g/mol. The summed E-state index contributed by atoms with van der Waals surface area (Å²) in [6.07, 6.45) is 3.34. The molecule has 0 amide bonds. The predicted octanol–water partition coefficient (Wildman–Crippen LogP) is 4.19. The van der Waals surface area contributed by atoms with Crippen molar-refractivity contribution in [2.75, 3.05) is 5.32 Å². The zero-order valence-electron chi connectivity index (χ0n) is 11.6. The van der Waals surface area contributed by atoms with Crippen LogP contribution >= 0.6 is 15.9 Å². The van der Waals surface area contributed by atoms with Gasteiger partial charge in [-0.1, -0.05) is 30.3 Å². The molecular weight excluding hydrogens is 334 g/mol. The van der Waals surface area contributed by atoms with E-state index in [1.165, 1.54) is 11.6 Å². The van der Waals surface area contributed by atoms with Gasteiger partial charge in [0.15, 0.2) is 0 Å². The molecule has 1 atom stereocenters. The van der Waals surface area contributed by atoms with Gasteiger partial charge in [0, 0.05) is 22.8 Å². The van der Waals surface area contributed by atoms with E-state index in [9.17, 15) is 10.1 Å². The van der Waals surface area contributed by atoms with Crippen LogP contribution in [0.2, 0.25) is 0 Å². The minimum atomic E-state index is -0.427. The minimum Gasteiger partial charge on any atom is -0.362 e. The molecule has 1 aromatic carbocycles. The van der Waals surface area contributed by atoms with Crippen molar-refractivity contribution in [3.8, 4) is 0 Å². The fraction of sp³-hybridized carbons (Fsp3) is 0.267. The molecule has 0 fully saturated rings. The van der Waals surface area contributed by atoms with Gasteiger partial charge in [-0.05, 0) is 41.3 Å². The van der Waals surface area contributed by atoms with Crippen LogP contribution in [0.25, 0.3) is 0 Å². The number of anilines is 1. The number of pyridine rings is 1. The van der Waals surface area contributed by atoms with Crippen molar-refractivity contribution in [2.24, 2.45) is 0 Å². The van der Waals surface area contributed by atoms with Crippen molar-refractivity contribution >= 4 is 27.4 Å². The van der Waals surface area contributed by atoms with Crippen molar-refractivity contribution in [1.29, 1.82) is 0 Å². The SMILES string of the molecule is CC(CCc1ccccc1)Nc1ncc(Br)cc1[N+](=O)[O-]. The van der Waals surface area contributed by atoms with Crippen LogP contribution < -0.4 is 5.32 Å². The predicted molar refractivity (Wildman–Crippen MR) is 86.4 cm³/mol. The molecule has 0 saturated heterocycles. The first-order chi connectivity index (χ1) is 10.1. The smallest absolute Gasteiger partial charge is 0.312 e. The third kappa shape index (κ3) is 4.53. The van der Waals surface area contributed by atoms with Gasteiger partial charge < -0.3 is 5.32 Å². The molecule has 1 unspecified atom stereocenters. The van der Waals surface area contributed by atoms with E-state index in [4.69, 9.17) is 0 Å². The second-order valence-electron chi connectivity index (χ2n) is 4.85. The van der Waals surface area contributed by atoms with E-state index in [-0.39, 0.29) is 11.7 Å². The summed E-state index contributed by atoms with van der Waals surface area (Å²) in [6.45, 7) is 2.00. The van der Waals surface area contributed by atoms with Crippen LogP contribution in [0.3, 0.4) is 0 Å². The largest absolute Gasteiger partial charge is 0.362 e. The maximum absolute atomic E-state index is 11.0. The van der Waals surface area contributed by atoms with E-state index >= 15 is 0 Å². The van der Waals surface area contributed by atoms with Crippen molar-refractivity contribution in [2.45, 2.75) is 25.8 Å². The lowest BCUT2D eigenvalue weighted by Crippen LogP contribution is -2.17. The number of aryl methyl sites for hydroxylation is 1. The minimum absolute atomic E-state index is 0.0177. The first-order valence-corrected chi connectivity index (χ1v) is 7.46. The van der Waals surface area contributed by atoms with Gasteiger partial charge in [-0.25, -0.2) is 4.98 Å². The summed E-state index contributed by atoms with van der Waals surface area (Å²) in [5.41, 5.74) is 1.24. The lowest BCUT2D eigenvalue weighted by atomic mass is 10.1. The number of halogens is 1. The molecule has 0 bridgehead atoms. The van der Waals surface area contributed by atoms with Gasteiger partial charge in [0.1, 0.15) is 0 Å². The Kier molecular flexibility index (Phi) is 5.27. The van der Waals surface area contributed by atoms with E-state index in [1.807, 2.05) is 25.1 Å². The zero-order valence-corrected chi connectivity index (χ0v) is 13.2. The van der Waals surface area contributed by atoms with Gasteiger partial charge in [0.2, 0.25) is 5.82 Å². The molecule has 0 saturated carbocycles. The van der Waals surface area contributed by atoms with E-state index in [2.05, 4.69) is 38.4 Å². The van der Waals surface area contributed by atoms with Gasteiger partial charge in [0.25, 0.3) is 0 Å². The number of benzene rings is 1. The summed E-state index contributed by atoms with van der Waals surface area (Å²) in [5, 5.41) is 14.2. The van der Waals surface area contributed by atoms with Crippen LogP contribution in [0.5, 0.6) is 0 Å². The van der Waals surface area contributed by atoms with Crippen LogP contribution in [0.4, 0.5) is 11.5 Å². The van der Waals surface area contributed by atoms with Gasteiger partial charge >= 0.3 is 5.69 Å². The molecule has 2 aromatic rings. The lowest BCUT2D eigenvalue weighted by molar-refractivity contribution is -0.384. The van der Waals surface area contributed by atoms with Crippen molar-refractivity contribution < 1.29 is 4.92 Å². The Balaban J connectivity index is 1.99. The molecule has 5 nitrogen and oxygen atoms in total.